The van der Waals surface area contributed by atoms with E-state index in [0.717, 1.165) is 87.5 Å². The predicted octanol–water partition coefficient (Wildman–Crippen LogP) is 4.10. The first-order chi connectivity index (χ1) is 17.0. The summed E-state index contributed by atoms with van der Waals surface area (Å²) >= 11 is 0. The van der Waals surface area contributed by atoms with Crippen molar-refractivity contribution in [1.29, 1.82) is 0 Å². The van der Waals surface area contributed by atoms with Crippen LogP contribution in [0.2, 0.25) is 0 Å². The number of rotatable bonds is 6. The fourth-order valence-corrected chi connectivity index (χ4v) is 4.85. The van der Waals surface area contributed by atoms with Gasteiger partial charge in [-0.25, -0.2) is 13.8 Å². The number of anilines is 3. The van der Waals surface area contributed by atoms with E-state index in [1.54, 1.807) is 0 Å². The topological polar surface area (TPSA) is 38.7 Å². The maximum absolute atomic E-state index is 13.3. The highest BCUT2D eigenvalue weighted by molar-refractivity contribution is 5.55. The highest BCUT2D eigenvalue weighted by atomic mass is 19.1. The number of fused-ring (bicyclic) bond motifs is 1. The number of hydrogen-bond donors (Lipinski definition) is 0. The van der Waals surface area contributed by atoms with E-state index in [1.807, 2.05) is 24.3 Å². The van der Waals surface area contributed by atoms with E-state index in [0.29, 0.717) is 0 Å². The van der Waals surface area contributed by atoms with Gasteiger partial charge in [-0.1, -0.05) is 12.1 Å². The molecule has 5 rings (SSSR count). The van der Waals surface area contributed by atoms with E-state index >= 15 is 0 Å². The maximum atomic E-state index is 13.3. The second kappa shape index (κ2) is 10.2. The van der Waals surface area contributed by atoms with Crippen molar-refractivity contribution in [3.05, 3.63) is 77.0 Å². The van der Waals surface area contributed by atoms with Crippen LogP contribution in [0.25, 0.3) is 0 Å². The van der Waals surface area contributed by atoms with Gasteiger partial charge in [-0.2, -0.15) is 4.98 Å². The molecule has 2 aliphatic rings. The highest BCUT2D eigenvalue weighted by Gasteiger charge is 2.27. The van der Waals surface area contributed by atoms with Gasteiger partial charge in [0.25, 0.3) is 0 Å². The molecule has 184 valence electrons. The van der Waals surface area contributed by atoms with E-state index < -0.39 is 0 Å². The van der Waals surface area contributed by atoms with E-state index in [-0.39, 0.29) is 11.6 Å². The van der Waals surface area contributed by atoms with Crippen LogP contribution < -0.4 is 14.7 Å². The number of benzene rings is 2. The second-order valence-corrected chi connectivity index (χ2v) is 9.32. The Kier molecular flexibility index (Phi) is 6.81. The molecule has 3 heterocycles. The average molecular weight is 479 g/mol. The monoisotopic (exact) mass is 478 g/mol. The molecule has 3 aromatic rings. The third kappa shape index (κ3) is 5.22. The third-order valence-corrected chi connectivity index (χ3v) is 7.02. The lowest BCUT2D eigenvalue weighted by Crippen LogP contribution is -2.47. The van der Waals surface area contributed by atoms with Gasteiger partial charge in [0, 0.05) is 77.1 Å². The summed E-state index contributed by atoms with van der Waals surface area (Å²) in [6, 6.07) is 13.5. The smallest absolute Gasteiger partial charge is 0.227 e. The third-order valence-electron chi connectivity index (χ3n) is 7.02. The first kappa shape index (κ1) is 23.5. The zero-order valence-corrected chi connectivity index (χ0v) is 20.4. The molecular weight excluding hydrogens is 446 g/mol. The summed E-state index contributed by atoms with van der Waals surface area (Å²) in [6.45, 7) is 8.80. The van der Waals surface area contributed by atoms with Crippen molar-refractivity contribution in [2.24, 2.45) is 0 Å². The molecule has 1 fully saturated rings. The van der Waals surface area contributed by atoms with Crippen molar-refractivity contribution in [3.8, 4) is 0 Å². The van der Waals surface area contributed by atoms with Gasteiger partial charge in [0.2, 0.25) is 5.95 Å². The largest absolute Gasteiger partial charge is 0.368 e. The van der Waals surface area contributed by atoms with Crippen LogP contribution in [0, 0.1) is 11.6 Å². The van der Waals surface area contributed by atoms with Crippen LogP contribution in [0.4, 0.5) is 26.2 Å². The first-order valence-electron chi connectivity index (χ1n) is 12.3. The lowest BCUT2D eigenvalue weighted by atomic mass is 10.0. The molecule has 0 unspecified atom stereocenters. The maximum Gasteiger partial charge on any atom is 0.227 e. The molecule has 0 atom stereocenters. The van der Waals surface area contributed by atoms with Gasteiger partial charge in [-0.05, 0) is 48.9 Å². The van der Waals surface area contributed by atoms with Gasteiger partial charge in [-0.3, -0.25) is 4.90 Å². The lowest BCUT2D eigenvalue weighted by Gasteiger charge is -2.37. The van der Waals surface area contributed by atoms with Crippen LogP contribution in [0.1, 0.15) is 23.7 Å². The number of nitrogens with zero attached hydrogens (tertiary/aromatic N) is 6. The minimum absolute atomic E-state index is 0.205. The summed E-state index contributed by atoms with van der Waals surface area (Å²) in [4.78, 5) is 19.2. The molecule has 35 heavy (non-hydrogen) atoms. The molecule has 0 bridgehead atoms. The minimum Gasteiger partial charge on any atom is -0.368 e. The Hall–Kier alpha value is -3.26. The van der Waals surface area contributed by atoms with E-state index in [2.05, 4.69) is 33.6 Å². The molecule has 0 saturated carbocycles. The SMILES string of the molecule is CCN(C)c1nc(N2CCN(c3ccc(F)cc3)CC2)nc2c1CN(Cc1ccc(F)cc1)CC2. The van der Waals surface area contributed by atoms with E-state index in [9.17, 15) is 8.78 Å². The van der Waals surface area contributed by atoms with Crippen LogP contribution >= 0.6 is 0 Å². The average Bonchev–Trinajstić information content (AvgIpc) is 2.89. The normalized spacial score (nSPS) is 16.3. The molecule has 0 spiro atoms. The zero-order chi connectivity index (χ0) is 24.4. The predicted molar refractivity (Wildman–Crippen MR) is 136 cm³/mol. The van der Waals surface area contributed by atoms with Gasteiger partial charge in [0.1, 0.15) is 17.5 Å². The van der Waals surface area contributed by atoms with Crippen molar-refractivity contribution in [1.82, 2.24) is 14.9 Å². The van der Waals surface area contributed by atoms with Gasteiger partial charge < -0.3 is 14.7 Å². The second-order valence-electron chi connectivity index (χ2n) is 9.32. The van der Waals surface area contributed by atoms with Crippen molar-refractivity contribution < 1.29 is 8.78 Å². The molecule has 0 aliphatic carbocycles. The Morgan fingerprint density at radius 2 is 1.46 bits per heavy atom. The van der Waals surface area contributed by atoms with Crippen LogP contribution in [-0.4, -0.2) is 61.2 Å². The van der Waals surface area contributed by atoms with Crippen molar-refractivity contribution in [2.75, 3.05) is 61.0 Å². The fraction of sp³-hybridized carbons (Fsp3) is 0.407. The summed E-state index contributed by atoms with van der Waals surface area (Å²) in [5.74, 6) is 1.38. The summed E-state index contributed by atoms with van der Waals surface area (Å²) in [6.07, 6.45) is 0.867. The van der Waals surface area contributed by atoms with Crippen molar-refractivity contribution >= 4 is 17.5 Å². The quantitative estimate of drug-likeness (QED) is 0.531. The lowest BCUT2D eigenvalue weighted by molar-refractivity contribution is 0.243. The van der Waals surface area contributed by atoms with Crippen LogP contribution in [0.5, 0.6) is 0 Å². The Morgan fingerprint density at radius 3 is 2.11 bits per heavy atom. The number of halogens is 2. The number of hydrogen-bond acceptors (Lipinski definition) is 6. The first-order valence-corrected chi connectivity index (χ1v) is 12.3. The van der Waals surface area contributed by atoms with Crippen molar-refractivity contribution in [2.45, 2.75) is 26.4 Å². The number of aromatic nitrogens is 2. The van der Waals surface area contributed by atoms with Gasteiger partial charge in [0.15, 0.2) is 0 Å². The molecular formula is C27H32F2N6. The summed E-state index contributed by atoms with van der Waals surface area (Å²) in [5, 5.41) is 0. The highest BCUT2D eigenvalue weighted by Crippen LogP contribution is 2.30. The fourth-order valence-electron chi connectivity index (χ4n) is 4.85. The Morgan fingerprint density at radius 1 is 0.829 bits per heavy atom. The van der Waals surface area contributed by atoms with E-state index in [4.69, 9.17) is 9.97 Å². The molecule has 2 aliphatic heterocycles. The Balaban J connectivity index is 1.32. The molecule has 6 nitrogen and oxygen atoms in total. The minimum atomic E-state index is -0.210. The zero-order valence-electron chi connectivity index (χ0n) is 20.4. The molecule has 1 saturated heterocycles. The Bertz CT molecular complexity index is 1140. The van der Waals surface area contributed by atoms with Gasteiger partial charge in [0.05, 0.1) is 5.69 Å². The van der Waals surface area contributed by atoms with Crippen LogP contribution in [0.3, 0.4) is 0 Å². The van der Waals surface area contributed by atoms with Gasteiger partial charge >= 0.3 is 0 Å². The summed E-state index contributed by atoms with van der Waals surface area (Å²) < 4.78 is 26.6. The van der Waals surface area contributed by atoms with Gasteiger partial charge in [-0.15, -0.1) is 0 Å². The molecule has 0 N–H and O–H groups in total. The standard InChI is InChI=1S/C27H32F2N6/c1-3-32(2)26-24-19-33(18-20-4-6-21(28)7-5-20)13-12-25(24)30-27(31-26)35-16-14-34(15-17-35)23-10-8-22(29)9-11-23/h4-11H,3,12-19H2,1-2H3. The Labute approximate surface area is 205 Å². The molecule has 0 amide bonds. The molecule has 1 aromatic heterocycles. The van der Waals surface area contributed by atoms with Crippen LogP contribution in [-0.2, 0) is 19.5 Å². The van der Waals surface area contributed by atoms with E-state index in [1.165, 1.54) is 29.8 Å². The number of piperazine rings is 1. The van der Waals surface area contributed by atoms with Crippen molar-refractivity contribution in [3.63, 3.8) is 0 Å². The molecule has 2 aromatic carbocycles. The molecule has 0 radical (unpaired) electrons. The summed E-state index contributed by atoms with van der Waals surface area (Å²) in [5.41, 5.74) is 4.47. The van der Waals surface area contributed by atoms with Crippen LogP contribution in [0.15, 0.2) is 48.5 Å². The summed E-state index contributed by atoms with van der Waals surface area (Å²) in [7, 11) is 2.08. The molecule has 8 heteroatoms.